The number of alkyl halides is 3. The van der Waals surface area contributed by atoms with E-state index in [1.54, 1.807) is 0 Å². The molecule has 0 aliphatic carbocycles. The zero-order valence-electron chi connectivity index (χ0n) is 6.14. The second kappa shape index (κ2) is 3.10. The van der Waals surface area contributed by atoms with Crippen LogP contribution in [0.25, 0.3) is 0 Å². The third-order valence-electron chi connectivity index (χ3n) is 1.15. The van der Waals surface area contributed by atoms with Crippen molar-refractivity contribution in [3.63, 3.8) is 0 Å². The molecule has 0 aromatic carbocycles. The molecule has 7 heteroatoms. The zero-order chi connectivity index (χ0) is 9.99. The normalized spacial score (nSPS) is 16.4. The summed E-state index contributed by atoms with van der Waals surface area (Å²) in [6.45, 7) is 3.09. The van der Waals surface area contributed by atoms with Crippen LogP contribution in [0.5, 0.6) is 0 Å². The van der Waals surface area contributed by atoms with E-state index in [2.05, 4.69) is 16.7 Å². The number of hydrogen-bond donors (Lipinski definition) is 2. The lowest BCUT2D eigenvalue weighted by Gasteiger charge is -2.24. The zero-order valence-corrected chi connectivity index (χ0v) is 6.14. The molecule has 0 radical (unpaired) electrons. The van der Waals surface area contributed by atoms with Gasteiger partial charge in [0, 0.05) is 6.72 Å². The van der Waals surface area contributed by atoms with Crippen molar-refractivity contribution in [2.45, 2.75) is 18.7 Å². The highest BCUT2D eigenvalue weighted by Crippen LogP contribution is 2.30. The quantitative estimate of drug-likeness (QED) is 0.380. The van der Waals surface area contributed by atoms with E-state index in [0.29, 0.717) is 6.92 Å². The Morgan fingerprint density at radius 2 is 2.00 bits per heavy atom. The first kappa shape index (κ1) is 10.9. The molecule has 12 heavy (non-hydrogen) atoms. The molecule has 0 amide bonds. The van der Waals surface area contributed by atoms with Crippen LogP contribution >= 0.6 is 0 Å². The second-order valence-corrected chi connectivity index (χ2v) is 2.12. The highest BCUT2D eigenvalue weighted by atomic mass is 19.4. The lowest BCUT2D eigenvalue weighted by atomic mass is 10.1. The van der Waals surface area contributed by atoms with Crippen LogP contribution in [0.4, 0.5) is 13.2 Å². The molecule has 0 fully saturated rings. The smallest absolute Gasteiger partial charge is 0.373 e. The molecule has 0 aromatic heterocycles. The number of aliphatic hydroxyl groups is 1. The Hall–Kier alpha value is -1.11. The fourth-order valence-corrected chi connectivity index (χ4v) is 0.282. The first-order valence-electron chi connectivity index (χ1n) is 2.74. The maximum atomic E-state index is 11.9. The maximum absolute atomic E-state index is 11.9. The summed E-state index contributed by atoms with van der Waals surface area (Å²) in [6.07, 6.45) is -4.96. The van der Waals surface area contributed by atoms with Crippen LogP contribution in [0.1, 0.15) is 6.92 Å². The van der Waals surface area contributed by atoms with Crippen LogP contribution in [-0.2, 0) is 4.84 Å². The van der Waals surface area contributed by atoms with E-state index in [4.69, 9.17) is 10.5 Å². The van der Waals surface area contributed by atoms with Gasteiger partial charge in [-0.3, -0.25) is 5.41 Å². The summed E-state index contributed by atoms with van der Waals surface area (Å²) in [6, 6.07) is 0. The number of rotatable bonds is 2. The largest absolute Gasteiger partial charge is 0.426 e. The van der Waals surface area contributed by atoms with E-state index >= 15 is 0 Å². The molecule has 0 bridgehead atoms. The Bertz CT molecular complexity index is 199. The van der Waals surface area contributed by atoms with Crippen LogP contribution in [-0.4, -0.2) is 29.5 Å². The minimum atomic E-state index is -4.96. The molecule has 70 valence electrons. The predicted molar refractivity (Wildman–Crippen MR) is 35.0 cm³/mol. The average molecular weight is 184 g/mol. The Morgan fingerprint density at radius 1 is 1.58 bits per heavy atom. The molecule has 0 saturated carbocycles. The summed E-state index contributed by atoms with van der Waals surface area (Å²) in [7, 11) is 0. The second-order valence-electron chi connectivity index (χ2n) is 2.12. The third kappa shape index (κ3) is 1.94. The minimum absolute atomic E-state index is 0.389. The van der Waals surface area contributed by atoms with E-state index in [-0.39, 0.29) is 0 Å². The van der Waals surface area contributed by atoms with Gasteiger partial charge < -0.3 is 9.94 Å². The standard InChI is InChI=1S/C5H7F3N2O2/c1-4(11,5(6,7)8)3(9)12-10-2/h9,11H,2H2,1H3. The van der Waals surface area contributed by atoms with Gasteiger partial charge in [0.15, 0.2) is 0 Å². The van der Waals surface area contributed by atoms with Crippen LogP contribution < -0.4 is 0 Å². The van der Waals surface area contributed by atoms with E-state index in [9.17, 15) is 13.2 Å². The number of nitrogens with zero attached hydrogens (tertiary/aromatic N) is 1. The summed E-state index contributed by atoms with van der Waals surface area (Å²) in [5, 5.41) is 17.9. The fourth-order valence-electron chi connectivity index (χ4n) is 0.282. The SMILES string of the molecule is C=NOC(=N)C(C)(O)C(F)(F)F. The minimum Gasteiger partial charge on any atom is -0.373 e. The summed E-state index contributed by atoms with van der Waals surface area (Å²) < 4.78 is 35.6. The van der Waals surface area contributed by atoms with Gasteiger partial charge in [-0.1, -0.05) is 5.16 Å². The van der Waals surface area contributed by atoms with Crippen LogP contribution in [0.15, 0.2) is 5.16 Å². The highest BCUT2D eigenvalue weighted by molar-refractivity contribution is 5.82. The Kier molecular flexibility index (Phi) is 2.81. The van der Waals surface area contributed by atoms with Gasteiger partial charge in [0.1, 0.15) is 0 Å². The van der Waals surface area contributed by atoms with Crippen molar-refractivity contribution in [3.8, 4) is 0 Å². The summed E-state index contributed by atoms with van der Waals surface area (Å²) in [5.41, 5.74) is -3.33. The van der Waals surface area contributed by atoms with Crippen molar-refractivity contribution in [1.82, 2.24) is 0 Å². The van der Waals surface area contributed by atoms with Gasteiger partial charge in [-0.15, -0.1) is 0 Å². The van der Waals surface area contributed by atoms with Crippen molar-refractivity contribution in [2.24, 2.45) is 5.16 Å². The van der Waals surface area contributed by atoms with Crippen LogP contribution in [0.2, 0.25) is 0 Å². The number of nitrogens with one attached hydrogen (secondary N) is 1. The first-order chi connectivity index (χ1) is 5.23. The van der Waals surface area contributed by atoms with Crippen molar-refractivity contribution in [1.29, 1.82) is 5.41 Å². The topological polar surface area (TPSA) is 65.7 Å². The Balaban J connectivity index is 4.61. The molecule has 1 atom stereocenters. The molecular formula is C5H7F3N2O2. The molecule has 0 aromatic rings. The molecule has 2 N–H and O–H groups in total. The molecular weight excluding hydrogens is 177 g/mol. The fraction of sp³-hybridized carbons (Fsp3) is 0.600. The van der Waals surface area contributed by atoms with E-state index in [0.717, 1.165) is 0 Å². The van der Waals surface area contributed by atoms with Gasteiger partial charge in [-0.25, -0.2) is 0 Å². The molecule has 0 saturated heterocycles. The highest BCUT2D eigenvalue weighted by Gasteiger charge is 2.55. The van der Waals surface area contributed by atoms with E-state index in [1.165, 1.54) is 0 Å². The van der Waals surface area contributed by atoms with Crippen molar-refractivity contribution in [3.05, 3.63) is 0 Å². The summed E-state index contributed by atoms with van der Waals surface area (Å²) >= 11 is 0. The Labute approximate surface area is 66.1 Å². The molecule has 4 nitrogen and oxygen atoms in total. The van der Waals surface area contributed by atoms with Crippen molar-refractivity contribution < 1.29 is 23.1 Å². The number of oxime groups is 1. The molecule has 0 aliphatic heterocycles. The lowest BCUT2D eigenvalue weighted by Crippen LogP contribution is -2.49. The van der Waals surface area contributed by atoms with Crippen LogP contribution in [0, 0.1) is 5.41 Å². The van der Waals surface area contributed by atoms with E-state index in [1.807, 2.05) is 0 Å². The lowest BCUT2D eigenvalue weighted by molar-refractivity contribution is -0.229. The van der Waals surface area contributed by atoms with Gasteiger partial charge in [0.2, 0.25) is 5.60 Å². The molecule has 0 heterocycles. The van der Waals surface area contributed by atoms with Crippen molar-refractivity contribution >= 4 is 12.6 Å². The van der Waals surface area contributed by atoms with Gasteiger partial charge in [0.05, 0.1) is 0 Å². The molecule has 0 spiro atoms. The molecule has 0 rings (SSSR count). The number of halogens is 3. The summed E-state index contributed by atoms with van der Waals surface area (Å²) in [5.74, 6) is -1.41. The van der Waals surface area contributed by atoms with Crippen LogP contribution in [0.3, 0.4) is 0 Å². The van der Waals surface area contributed by atoms with Gasteiger partial charge in [-0.2, -0.15) is 13.2 Å². The number of hydrogen-bond acceptors (Lipinski definition) is 4. The third-order valence-corrected chi connectivity index (χ3v) is 1.15. The summed E-state index contributed by atoms with van der Waals surface area (Å²) in [4.78, 5) is 3.76. The van der Waals surface area contributed by atoms with Crippen molar-refractivity contribution in [2.75, 3.05) is 0 Å². The molecule has 0 aliphatic rings. The van der Waals surface area contributed by atoms with Gasteiger partial charge in [0.25, 0.3) is 5.90 Å². The average Bonchev–Trinajstić information content (AvgIpc) is 1.85. The Morgan fingerprint density at radius 3 is 2.25 bits per heavy atom. The maximum Gasteiger partial charge on any atom is 0.426 e. The first-order valence-corrected chi connectivity index (χ1v) is 2.74. The predicted octanol–water partition coefficient (Wildman–Crippen LogP) is 0.909. The molecule has 1 unspecified atom stereocenters. The van der Waals surface area contributed by atoms with Gasteiger partial charge in [-0.05, 0) is 6.92 Å². The van der Waals surface area contributed by atoms with E-state index < -0.39 is 17.7 Å². The van der Waals surface area contributed by atoms with Gasteiger partial charge >= 0.3 is 6.18 Å². The monoisotopic (exact) mass is 184 g/mol.